The van der Waals surface area contributed by atoms with Crippen molar-refractivity contribution in [2.45, 2.75) is 65.5 Å². The van der Waals surface area contributed by atoms with E-state index in [1.807, 2.05) is 13.1 Å². The van der Waals surface area contributed by atoms with Crippen molar-refractivity contribution in [2.75, 3.05) is 13.2 Å². The number of fused-ring (bicyclic) bond motifs is 1. The summed E-state index contributed by atoms with van der Waals surface area (Å²) in [4.78, 5) is 9.33. The van der Waals surface area contributed by atoms with Gasteiger partial charge in [-0.05, 0) is 50.6 Å². The first kappa shape index (κ1) is 16.4. The molecule has 0 fully saturated rings. The molecule has 0 amide bonds. The van der Waals surface area contributed by atoms with Crippen molar-refractivity contribution in [1.82, 2.24) is 15.3 Å². The summed E-state index contributed by atoms with van der Waals surface area (Å²) in [6, 6.07) is 0.557. The third kappa shape index (κ3) is 4.48. The Labute approximate surface area is 128 Å². The first-order chi connectivity index (χ1) is 10.1. The standard InChI is InChI=1S/C17H29N3O/c1-5-16(21-6-2)17-19-11-14-9-13(10-18-12(3)4)7-8-15(14)20-17/h11-13,16,18H,5-10H2,1-4H3. The molecule has 0 aliphatic heterocycles. The molecule has 0 aromatic carbocycles. The minimum Gasteiger partial charge on any atom is -0.371 e. The fraction of sp³-hybridized carbons (Fsp3) is 0.765. The lowest BCUT2D eigenvalue weighted by atomic mass is 9.87. The highest BCUT2D eigenvalue weighted by molar-refractivity contribution is 5.22. The van der Waals surface area contributed by atoms with Crippen LogP contribution in [0.2, 0.25) is 0 Å². The van der Waals surface area contributed by atoms with E-state index < -0.39 is 0 Å². The second-order valence-electron chi connectivity index (χ2n) is 6.22. The third-order valence-corrected chi connectivity index (χ3v) is 4.11. The molecule has 1 aromatic rings. The van der Waals surface area contributed by atoms with Gasteiger partial charge in [0.25, 0.3) is 0 Å². The summed E-state index contributed by atoms with van der Waals surface area (Å²) >= 11 is 0. The second kappa shape index (κ2) is 7.85. The van der Waals surface area contributed by atoms with Gasteiger partial charge in [0.1, 0.15) is 6.10 Å². The Bertz CT molecular complexity index is 448. The first-order valence-electron chi connectivity index (χ1n) is 8.33. The van der Waals surface area contributed by atoms with Crippen LogP contribution in [0, 0.1) is 5.92 Å². The van der Waals surface area contributed by atoms with Crippen LogP contribution >= 0.6 is 0 Å². The molecule has 0 saturated heterocycles. The van der Waals surface area contributed by atoms with Gasteiger partial charge >= 0.3 is 0 Å². The van der Waals surface area contributed by atoms with Crippen molar-refractivity contribution in [3.8, 4) is 0 Å². The molecule has 2 unspecified atom stereocenters. The lowest BCUT2D eigenvalue weighted by Crippen LogP contribution is -2.32. The van der Waals surface area contributed by atoms with E-state index in [4.69, 9.17) is 9.72 Å². The second-order valence-corrected chi connectivity index (χ2v) is 6.22. The Morgan fingerprint density at radius 2 is 2.19 bits per heavy atom. The van der Waals surface area contributed by atoms with Crippen molar-refractivity contribution >= 4 is 0 Å². The van der Waals surface area contributed by atoms with Crippen molar-refractivity contribution < 1.29 is 4.74 Å². The summed E-state index contributed by atoms with van der Waals surface area (Å²) in [5, 5.41) is 3.54. The molecule has 1 aromatic heterocycles. The van der Waals surface area contributed by atoms with Crippen LogP contribution in [0.15, 0.2) is 6.20 Å². The van der Waals surface area contributed by atoms with E-state index in [0.717, 1.165) is 31.6 Å². The molecule has 2 atom stereocenters. The molecule has 2 rings (SSSR count). The Balaban J connectivity index is 2.03. The number of aromatic nitrogens is 2. The molecule has 0 bridgehead atoms. The van der Waals surface area contributed by atoms with Gasteiger partial charge in [-0.15, -0.1) is 0 Å². The number of nitrogens with one attached hydrogen (secondary N) is 1. The average molecular weight is 291 g/mol. The van der Waals surface area contributed by atoms with E-state index in [-0.39, 0.29) is 6.10 Å². The Hall–Kier alpha value is -1.00. The van der Waals surface area contributed by atoms with Crippen molar-refractivity contribution in [1.29, 1.82) is 0 Å². The monoisotopic (exact) mass is 291 g/mol. The Morgan fingerprint density at radius 3 is 2.86 bits per heavy atom. The summed E-state index contributed by atoms with van der Waals surface area (Å²) in [6.45, 7) is 10.3. The van der Waals surface area contributed by atoms with Crippen molar-refractivity contribution in [3.05, 3.63) is 23.3 Å². The van der Waals surface area contributed by atoms with Crippen LogP contribution < -0.4 is 5.32 Å². The minimum absolute atomic E-state index is 0.0423. The van der Waals surface area contributed by atoms with Gasteiger partial charge in [-0.2, -0.15) is 0 Å². The highest BCUT2D eigenvalue weighted by Crippen LogP contribution is 2.26. The van der Waals surface area contributed by atoms with Gasteiger partial charge < -0.3 is 10.1 Å². The average Bonchev–Trinajstić information content (AvgIpc) is 2.50. The number of rotatable bonds is 7. The topological polar surface area (TPSA) is 47.0 Å². The number of aryl methyl sites for hydroxylation is 1. The Kier molecular flexibility index (Phi) is 6.12. The van der Waals surface area contributed by atoms with Crippen LogP contribution in [0.25, 0.3) is 0 Å². The van der Waals surface area contributed by atoms with Crippen molar-refractivity contribution in [3.63, 3.8) is 0 Å². The van der Waals surface area contributed by atoms with E-state index in [0.29, 0.717) is 18.6 Å². The fourth-order valence-corrected chi connectivity index (χ4v) is 2.91. The zero-order valence-corrected chi connectivity index (χ0v) is 13.9. The van der Waals surface area contributed by atoms with Crippen LogP contribution in [0.5, 0.6) is 0 Å². The molecule has 4 nitrogen and oxygen atoms in total. The number of ether oxygens (including phenoxy) is 1. The summed E-state index contributed by atoms with van der Waals surface area (Å²) in [7, 11) is 0. The lowest BCUT2D eigenvalue weighted by molar-refractivity contribution is 0.0532. The summed E-state index contributed by atoms with van der Waals surface area (Å²) < 4.78 is 5.72. The van der Waals surface area contributed by atoms with Gasteiger partial charge in [0.05, 0.1) is 0 Å². The van der Waals surface area contributed by atoms with Crippen LogP contribution in [0.4, 0.5) is 0 Å². The van der Waals surface area contributed by atoms with Gasteiger partial charge in [0, 0.05) is 24.5 Å². The van der Waals surface area contributed by atoms with Crippen LogP contribution in [-0.4, -0.2) is 29.2 Å². The molecule has 1 aliphatic carbocycles. The highest BCUT2D eigenvalue weighted by atomic mass is 16.5. The van der Waals surface area contributed by atoms with Gasteiger partial charge in [0.15, 0.2) is 5.82 Å². The molecular weight excluding hydrogens is 262 g/mol. The predicted molar refractivity (Wildman–Crippen MR) is 85.3 cm³/mol. The van der Waals surface area contributed by atoms with Crippen LogP contribution in [0.3, 0.4) is 0 Å². The fourth-order valence-electron chi connectivity index (χ4n) is 2.91. The zero-order valence-electron chi connectivity index (χ0n) is 13.9. The maximum Gasteiger partial charge on any atom is 0.157 e. The highest BCUT2D eigenvalue weighted by Gasteiger charge is 2.22. The molecule has 1 N–H and O–H groups in total. The normalized spacial score (nSPS) is 19.6. The first-order valence-corrected chi connectivity index (χ1v) is 8.33. The third-order valence-electron chi connectivity index (χ3n) is 4.11. The molecule has 21 heavy (non-hydrogen) atoms. The quantitative estimate of drug-likeness (QED) is 0.838. The molecule has 0 radical (unpaired) electrons. The lowest BCUT2D eigenvalue weighted by Gasteiger charge is -2.25. The molecule has 1 heterocycles. The number of hydrogen-bond donors (Lipinski definition) is 1. The maximum atomic E-state index is 5.72. The molecule has 1 aliphatic rings. The summed E-state index contributed by atoms with van der Waals surface area (Å²) in [5.74, 6) is 1.57. The maximum absolute atomic E-state index is 5.72. The Morgan fingerprint density at radius 1 is 1.38 bits per heavy atom. The molecule has 0 spiro atoms. The van der Waals surface area contributed by atoms with E-state index in [1.165, 1.54) is 17.7 Å². The number of nitrogens with zero attached hydrogens (tertiary/aromatic N) is 2. The summed E-state index contributed by atoms with van der Waals surface area (Å²) in [5.41, 5.74) is 2.56. The van der Waals surface area contributed by atoms with Gasteiger partial charge in [-0.1, -0.05) is 20.8 Å². The summed E-state index contributed by atoms with van der Waals surface area (Å²) in [6.07, 6.45) is 6.38. The minimum atomic E-state index is 0.0423. The van der Waals surface area contributed by atoms with Crippen molar-refractivity contribution in [2.24, 2.45) is 5.92 Å². The van der Waals surface area contributed by atoms with Gasteiger partial charge in [-0.3, -0.25) is 0 Å². The van der Waals surface area contributed by atoms with E-state index in [9.17, 15) is 0 Å². The SMILES string of the molecule is CCOC(CC)c1ncc2c(n1)CCC(CNC(C)C)C2. The van der Waals surface area contributed by atoms with Crippen LogP contribution in [-0.2, 0) is 17.6 Å². The molecular formula is C17H29N3O. The van der Waals surface area contributed by atoms with E-state index in [1.54, 1.807) is 0 Å². The van der Waals surface area contributed by atoms with E-state index in [2.05, 4.69) is 31.1 Å². The van der Waals surface area contributed by atoms with Gasteiger partial charge in [0.2, 0.25) is 0 Å². The van der Waals surface area contributed by atoms with Crippen LogP contribution in [0.1, 0.15) is 63.7 Å². The van der Waals surface area contributed by atoms with Gasteiger partial charge in [-0.25, -0.2) is 9.97 Å². The smallest absolute Gasteiger partial charge is 0.157 e. The molecule has 0 saturated carbocycles. The predicted octanol–water partition coefficient (Wildman–Crippen LogP) is 3.07. The zero-order chi connectivity index (χ0) is 15.2. The molecule has 4 heteroatoms. The number of hydrogen-bond acceptors (Lipinski definition) is 4. The molecule has 118 valence electrons. The van der Waals surface area contributed by atoms with E-state index >= 15 is 0 Å². The largest absolute Gasteiger partial charge is 0.371 e.